The standard InChI is InChI=1S/C19H19NO4/c1-13(24-19(22)15-8-4-6-10-17(15)23-2)18(21)20-12-11-14-7-3-5-9-16(14)20/h3-10,13H,11-12H2,1-2H3/t13-/m0/s1. The van der Waals surface area contributed by atoms with Gasteiger partial charge in [0.25, 0.3) is 5.91 Å². The van der Waals surface area contributed by atoms with Crippen molar-refractivity contribution in [3.05, 3.63) is 59.7 Å². The highest BCUT2D eigenvalue weighted by atomic mass is 16.5. The minimum absolute atomic E-state index is 0.219. The van der Waals surface area contributed by atoms with Gasteiger partial charge in [0.1, 0.15) is 11.3 Å². The van der Waals surface area contributed by atoms with Crippen LogP contribution >= 0.6 is 0 Å². The zero-order valence-electron chi connectivity index (χ0n) is 13.7. The van der Waals surface area contributed by atoms with Gasteiger partial charge >= 0.3 is 5.97 Å². The topological polar surface area (TPSA) is 55.8 Å². The van der Waals surface area contributed by atoms with Crippen LogP contribution in [0.4, 0.5) is 5.69 Å². The SMILES string of the molecule is COc1ccccc1C(=O)O[C@@H](C)C(=O)N1CCc2ccccc21. The fourth-order valence-electron chi connectivity index (χ4n) is 2.87. The van der Waals surface area contributed by atoms with Crippen molar-refractivity contribution >= 4 is 17.6 Å². The molecule has 5 nitrogen and oxygen atoms in total. The number of nitrogens with zero attached hydrogens (tertiary/aromatic N) is 1. The van der Waals surface area contributed by atoms with Crippen LogP contribution in [0.3, 0.4) is 0 Å². The van der Waals surface area contributed by atoms with Crippen LogP contribution in [0.1, 0.15) is 22.8 Å². The molecule has 1 atom stereocenters. The number of para-hydroxylation sites is 2. The van der Waals surface area contributed by atoms with E-state index in [2.05, 4.69) is 0 Å². The Kier molecular flexibility index (Phi) is 4.51. The number of benzene rings is 2. The summed E-state index contributed by atoms with van der Waals surface area (Å²) in [5, 5.41) is 0. The number of rotatable bonds is 4. The van der Waals surface area contributed by atoms with Crippen LogP contribution in [0.2, 0.25) is 0 Å². The molecule has 0 spiro atoms. The second-order valence-electron chi connectivity index (χ2n) is 5.62. The van der Waals surface area contributed by atoms with Crippen LogP contribution in [0.5, 0.6) is 5.75 Å². The number of carbonyl (C=O) groups is 2. The number of amides is 1. The van der Waals surface area contributed by atoms with E-state index in [1.165, 1.54) is 7.11 Å². The molecule has 2 aromatic rings. The summed E-state index contributed by atoms with van der Waals surface area (Å²) in [4.78, 5) is 26.6. The average molecular weight is 325 g/mol. The number of anilines is 1. The molecular weight excluding hydrogens is 306 g/mol. The monoisotopic (exact) mass is 325 g/mol. The fourth-order valence-corrected chi connectivity index (χ4v) is 2.87. The number of hydrogen-bond acceptors (Lipinski definition) is 4. The molecule has 1 aliphatic rings. The van der Waals surface area contributed by atoms with Crippen LogP contribution in [0.25, 0.3) is 0 Å². The molecule has 2 aromatic carbocycles. The summed E-state index contributed by atoms with van der Waals surface area (Å²) < 4.78 is 10.5. The van der Waals surface area contributed by atoms with Crippen molar-refractivity contribution in [3.63, 3.8) is 0 Å². The number of esters is 1. The van der Waals surface area contributed by atoms with Gasteiger partial charge in [0, 0.05) is 12.2 Å². The predicted molar refractivity (Wildman–Crippen MR) is 90.4 cm³/mol. The molecule has 1 heterocycles. The van der Waals surface area contributed by atoms with Crippen LogP contribution in [0, 0.1) is 0 Å². The molecule has 0 saturated carbocycles. The molecule has 0 saturated heterocycles. The van der Waals surface area contributed by atoms with Gasteiger partial charge in [0.05, 0.1) is 7.11 Å². The van der Waals surface area contributed by atoms with Crippen LogP contribution in [-0.2, 0) is 16.0 Å². The number of methoxy groups -OCH3 is 1. The molecular formula is C19H19NO4. The third-order valence-corrected chi connectivity index (χ3v) is 4.11. The second kappa shape index (κ2) is 6.74. The molecule has 0 bridgehead atoms. The van der Waals surface area contributed by atoms with Crippen molar-refractivity contribution < 1.29 is 19.1 Å². The molecule has 0 unspecified atom stereocenters. The van der Waals surface area contributed by atoms with Crippen molar-refractivity contribution in [2.75, 3.05) is 18.6 Å². The van der Waals surface area contributed by atoms with Gasteiger partial charge in [-0.25, -0.2) is 4.79 Å². The highest BCUT2D eigenvalue weighted by Crippen LogP contribution is 2.28. The first-order valence-corrected chi connectivity index (χ1v) is 7.85. The molecule has 1 aliphatic heterocycles. The van der Waals surface area contributed by atoms with E-state index in [1.807, 2.05) is 24.3 Å². The van der Waals surface area contributed by atoms with Gasteiger partial charge in [0.15, 0.2) is 6.10 Å². The van der Waals surface area contributed by atoms with E-state index < -0.39 is 12.1 Å². The third kappa shape index (κ3) is 2.97. The Labute approximate surface area is 140 Å². The van der Waals surface area contributed by atoms with Crippen molar-refractivity contribution in [3.8, 4) is 5.75 Å². The number of carbonyl (C=O) groups excluding carboxylic acids is 2. The minimum atomic E-state index is -0.867. The molecule has 24 heavy (non-hydrogen) atoms. The van der Waals surface area contributed by atoms with Crippen LogP contribution in [0.15, 0.2) is 48.5 Å². The molecule has 0 radical (unpaired) electrons. The maximum atomic E-state index is 12.6. The second-order valence-corrected chi connectivity index (χ2v) is 5.62. The van der Waals surface area contributed by atoms with Crippen LogP contribution < -0.4 is 9.64 Å². The maximum absolute atomic E-state index is 12.6. The highest BCUT2D eigenvalue weighted by Gasteiger charge is 2.30. The smallest absolute Gasteiger partial charge is 0.342 e. The quantitative estimate of drug-likeness (QED) is 0.811. The van der Waals surface area contributed by atoms with Crippen molar-refractivity contribution in [1.29, 1.82) is 0 Å². The lowest BCUT2D eigenvalue weighted by molar-refractivity contribution is -0.126. The van der Waals surface area contributed by atoms with E-state index in [9.17, 15) is 9.59 Å². The highest BCUT2D eigenvalue weighted by molar-refractivity contribution is 6.00. The van der Waals surface area contributed by atoms with Gasteiger partial charge in [-0.3, -0.25) is 4.79 Å². The number of ether oxygens (including phenoxy) is 2. The maximum Gasteiger partial charge on any atom is 0.342 e. The van der Waals surface area contributed by atoms with Gasteiger partial charge in [-0.2, -0.15) is 0 Å². The number of fused-ring (bicyclic) bond motifs is 1. The Bertz CT molecular complexity index is 771. The van der Waals surface area contributed by atoms with E-state index in [-0.39, 0.29) is 5.91 Å². The first-order chi connectivity index (χ1) is 11.6. The molecule has 0 aromatic heterocycles. The van der Waals surface area contributed by atoms with Crippen molar-refractivity contribution in [2.24, 2.45) is 0 Å². The molecule has 124 valence electrons. The van der Waals surface area contributed by atoms with Gasteiger partial charge in [-0.05, 0) is 37.1 Å². The summed E-state index contributed by atoms with van der Waals surface area (Å²) in [6, 6.07) is 14.6. The lowest BCUT2D eigenvalue weighted by atomic mass is 10.2. The van der Waals surface area contributed by atoms with Gasteiger partial charge in [-0.15, -0.1) is 0 Å². The lowest BCUT2D eigenvalue weighted by Gasteiger charge is -2.22. The molecule has 1 amide bonds. The Balaban J connectivity index is 1.72. The summed E-state index contributed by atoms with van der Waals surface area (Å²) in [5.74, 6) is -0.363. The Hall–Kier alpha value is -2.82. The van der Waals surface area contributed by atoms with Gasteiger partial charge in [0.2, 0.25) is 0 Å². The van der Waals surface area contributed by atoms with Crippen molar-refractivity contribution in [2.45, 2.75) is 19.4 Å². The Morgan fingerprint density at radius 2 is 1.79 bits per heavy atom. The zero-order valence-corrected chi connectivity index (χ0v) is 13.7. The summed E-state index contributed by atoms with van der Waals surface area (Å²) in [6.45, 7) is 2.20. The normalized spacial score (nSPS) is 14.0. The summed E-state index contributed by atoms with van der Waals surface area (Å²) in [5.41, 5.74) is 2.33. The third-order valence-electron chi connectivity index (χ3n) is 4.11. The minimum Gasteiger partial charge on any atom is -0.496 e. The summed E-state index contributed by atoms with van der Waals surface area (Å²) in [7, 11) is 1.49. The van der Waals surface area contributed by atoms with Crippen LogP contribution in [-0.4, -0.2) is 31.6 Å². The molecule has 5 heteroatoms. The molecule has 0 N–H and O–H groups in total. The van der Waals surface area contributed by atoms with E-state index in [0.29, 0.717) is 17.9 Å². The summed E-state index contributed by atoms with van der Waals surface area (Å²) in [6.07, 6.45) is -0.0525. The molecule has 0 fully saturated rings. The first-order valence-electron chi connectivity index (χ1n) is 7.85. The first kappa shape index (κ1) is 16.1. The average Bonchev–Trinajstić information content (AvgIpc) is 3.04. The van der Waals surface area contributed by atoms with E-state index in [0.717, 1.165) is 17.7 Å². The van der Waals surface area contributed by atoms with E-state index >= 15 is 0 Å². The fraction of sp³-hybridized carbons (Fsp3) is 0.263. The zero-order chi connectivity index (χ0) is 17.1. The summed E-state index contributed by atoms with van der Waals surface area (Å²) >= 11 is 0. The van der Waals surface area contributed by atoms with Gasteiger partial charge in [-0.1, -0.05) is 30.3 Å². The number of hydrogen-bond donors (Lipinski definition) is 0. The predicted octanol–water partition coefficient (Wildman–Crippen LogP) is 2.83. The van der Waals surface area contributed by atoms with Gasteiger partial charge < -0.3 is 14.4 Å². The lowest BCUT2D eigenvalue weighted by Crippen LogP contribution is -2.39. The van der Waals surface area contributed by atoms with E-state index in [4.69, 9.17) is 9.47 Å². The van der Waals surface area contributed by atoms with E-state index in [1.54, 1.807) is 36.1 Å². The van der Waals surface area contributed by atoms with Crippen molar-refractivity contribution in [1.82, 2.24) is 0 Å². The Morgan fingerprint density at radius 3 is 2.58 bits per heavy atom. The molecule has 3 rings (SSSR count). The molecule has 0 aliphatic carbocycles. The largest absolute Gasteiger partial charge is 0.496 e. The Morgan fingerprint density at radius 1 is 1.08 bits per heavy atom.